The second kappa shape index (κ2) is 10.4. The van der Waals surface area contributed by atoms with E-state index in [4.69, 9.17) is 0 Å². The summed E-state index contributed by atoms with van der Waals surface area (Å²) >= 11 is 0. The number of fused-ring (bicyclic) bond motifs is 3. The first-order valence-corrected chi connectivity index (χ1v) is 12.1. The lowest BCUT2D eigenvalue weighted by atomic mass is 9.64. The molecule has 0 aliphatic heterocycles. The van der Waals surface area contributed by atoms with Crippen LogP contribution in [0.15, 0.2) is 30.3 Å². The Bertz CT molecular complexity index is 1060. The number of alkyl halides is 3. The van der Waals surface area contributed by atoms with Crippen LogP contribution in [-0.2, 0) is 6.42 Å². The molecule has 2 aliphatic carbocycles. The van der Waals surface area contributed by atoms with Crippen molar-refractivity contribution in [2.24, 2.45) is 11.8 Å². The lowest BCUT2D eigenvalue weighted by molar-refractivity contribution is -0.276. The zero-order valence-electron chi connectivity index (χ0n) is 19.3. The third-order valence-electron chi connectivity index (χ3n) is 7.20. The van der Waals surface area contributed by atoms with E-state index >= 15 is 0 Å². The van der Waals surface area contributed by atoms with E-state index in [9.17, 15) is 22.0 Å². The minimum Gasteiger partial charge on any atom is -0.399 e. The van der Waals surface area contributed by atoms with Gasteiger partial charge >= 0.3 is 6.36 Å². The molecule has 0 amide bonds. The number of benzene rings is 2. The summed E-state index contributed by atoms with van der Waals surface area (Å²) in [5.41, 5.74) is 3.36. The average Bonchev–Trinajstić information content (AvgIpc) is 2.79. The van der Waals surface area contributed by atoms with E-state index in [-0.39, 0.29) is 5.56 Å². The summed E-state index contributed by atoms with van der Waals surface area (Å²) in [4.78, 5) is 0. The highest BCUT2D eigenvalue weighted by Gasteiger charge is 2.35. The predicted molar refractivity (Wildman–Crippen MR) is 121 cm³/mol. The molecule has 182 valence electrons. The van der Waals surface area contributed by atoms with Gasteiger partial charge in [0.15, 0.2) is 11.6 Å². The minimum absolute atomic E-state index is 0.0521. The zero-order chi connectivity index (χ0) is 24.3. The van der Waals surface area contributed by atoms with Crippen LogP contribution in [0.4, 0.5) is 22.0 Å². The maximum atomic E-state index is 13.9. The van der Waals surface area contributed by atoms with E-state index in [1.54, 1.807) is 0 Å². The highest BCUT2D eigenvalue weighted by Crippen LogP contribution is 2.48. The van der Waals surface area contributed by atoms with Gasteiger partial charge in [-0.05, 0) is 85.3 Å². The molecule has 4 rings (SSSR count). The standard InChI is InChI=1S/C28H29F5O/c1-2-3-4-5-18-8-12-23-21(14-18)10-11-22-15-19(9-13-24(22)23)6-7-20-16-25(29)27(26(30)17-20)34-28(31,32)33/h9,13,15-18,21,23H,2-5,8,10-12,14H2,1H3/t18-,21-,23+/m1/s1. The quantitative estimate of drug-likeness (QED) is 0.240. The van der Waals surface area contributed by atoms with Crippen LogP contribution >= 0.6 is 0 Å². The molecule has 0 aromatic heterocycles. The second-order valence-electron chi connectivity index (χ2n) is 9.56. The minimum atomic E-state index is -5.18. The number of hydrogen-bond donors (Lipinski definition) is 0. The molecule has 2 aromatic rings. The van der Waals surface area contributed by atoms with Crippen molar-refractivity contribution in [1.29, 1.82) is 0 Å². The SMILES string of the molecule is CCCCC[C@@H]1CC[C@@H]2c3ccc(C#Cc4cc(F)c(OC(F)(F)F)c(F)c4)cc3CC[C@@H]2C1. The van der Waals surface area contributed by atoms with E-state index < -0.39 is 23.7 Å². The van der Waals surface area contributed by atoms with Crippen molar-refractivity contribution >= 4 is 0 Å². The Morgan fingerprint density at radius 3 is 2.38 bits per heavy atom. The largest absolute Gasteiger partial charge is 0.573 e. The second-order valence-corrected chi connectivity index (χ2v) is 9.56. The van der Waals surface area contributed by atoms with Crippen molar-refractivity contribution in [2.75, 3.05) is 0 Å². The Balaban J connectivity index is 1.46. The smallest absolute Gasteiger partial charge is 0.399 e. The van der Waals surface area contributed by atoms with Gasteiger partial charge in [-0.15, -0.1) is 13.2 Å². The van der Waals surface area contributed by atoms with Gasteiger partial charge in [-0.25, -0.2) is 8.78 Å². The molecule has 0 unspecified atom stereocenters. The lowest BCUT2D eigenvalue weighted by Crippen LogP contribution is -2.28. The third kappa shape index (κ3) is 5.92. The highest BCUT2D eigenvalue weighted by atomic mass is 19.4. The van der Waals surface area contributed by atoms with E-state index in [1.165, 1.54) is 62.5 Å². The molecule has 0 heterocycles. The summed E-state index contributed by atoms with van der Waals surface area (Å²) in [5, 5.41) is 0. The van der Waals surface area contributed by atoms with Crippen LogP contribution in [0.5, 0.6) is 5.75 Å². The van der Waals surface area contributed by atoms with E-state index in [2.05, 4.69) is 29.6 Å². The normalized spacial score (nSPS) is 21.8. The van der Waals surface area contributed by atoms with Gasteiger partial charge in [-0.1, -0.05) is 50.5 Å². The summed E-state index contributed by atoms with van der Waals surface area (Å²) in [6.07, 6.45) is 6.11. The van der Waals surface area contributed by atoms with Crippen LogP contribution in [0.25, 0.3) is 0 Å². The van der Waals surface area contributed by atoms with Gasteiger partial charge < -0.3 is 4.74 Å². The Morgan fingerprint density at radius 1 is 0.941 bits per heavy atom. The third-order valence-corrected chi connectivity index (χ3v) is 7.20. The van der Waals surface area contributed by atoms with Gasteiger partial charge in [0.05, 0.1) is 0 Å². The van der Waals surface area contributed by atoms with E-state index in [0.717, 1.165) is 36.0 Å². The first kappa shape index (κ1) is 24.6. The summed E-state index contributed by atoms with van der Waals surface area (Å²) in [6, 6.07) is 7.60. The molecule has 0 saturated heterocycles. The molecular formula is C28H29F5O. The number of hydrogen-bond acceptors (Lipinski definition) is 1. The van der Waals surface area contributed by atoms with Crippen molar-refractivity contribution in [2.45, 2.75) is 77.0 Å². The fourth-order valence-electron chi connectivity index (χ4n) is 5.63. The summed E-state index contributed by atoms with van der Waals surface area (Å²) in [5.74, 6) is 3.39. The maximum Gasteiger partial charge on any atom is 0.573 e. The number of rotatable bonds is 5. The molecule has 0 N–H and O–H groups in total. The molecule has 6 heteroatoms. The molecule has 2 aliphatic rings. The van der Waals surface area contributed by atoms with Crippen LogP contribution in [0.3, 0.4) is 0 Å². The average molecular weight is 477 g/mol. The van der Waals surface area contributed by atoms with Crippen molar-refractivity contribution in [3.8, 4) is 17.6 Å². The summed E-state index contributed by atoms with van der Waals surface area (Å²) in [7, 11) is 0. The van der Waals surface area contributed by atoms with Gasteiger partial charge in [-0.3, -0.25) is 0 Å². The molecule has 0 radical (unpaired) electrons. The molecule has 3 atom stereocenters. The first-order valence-electron chi connectivity index (χ1n) is 12.1. The molecule has 2 aromatic carbocycles. The maximum absolute atomic E-state index is 13.9. The zero-order valence-corrected chi connectivity index (χ0v) is 19.3. The Labute approximate surface area is 197 Å². The number of aryl methyl sites for hydroxylation is 1. The number of halogens is 5. The molecule has 34 heavy (non-hydrogen) atoms. The van der Waals surface area contributed by atoms with Gasteiger partial charge in [0.25, 0.3) is 0 Å². The van der Waals surface area contributed by atoms with E-state index in [1.807, 2.05) is 12.1 Å². The summed E-state index contributed by atoms with van der Waals surface area (Å²) < 4.78 is 68.2. The van der Waals surface area contributed by atoms with Gasteiger partial charge in [0, 0.05) is 11.1 Å². The van der Waals surface area contributed by atoms with Gasteiger partial charge in [0.1, 0.15) is 0 Å². The molecule has 0 bridgehead atoms. The highest BCUT2D eigenvalue weighted by molar-refractivity contribution is 5.48. The number of ether oxygens (including phenoxy) is 1. The Hall–Kier alpha value is -2.55. The summed E-state index contributed by atoms with van der Waals surface area (Å²) in [6.45, 7) is 2.24. The Kier molecular flexibility index (Phi) is 7.50. The van der Waals surface area contributed by atoms with Crippen molar-refractivity contribution < 1.29 is 26.7 Å². The predicted octanol–water partition coefficient (Wildman–Crippen LogP) is 8.29. The topological polar surface area (TPSA) is 9.23 Å². The van der Waals surface area contributed by atoms with Crippen LogP contribution in [0.1, 0.15) is 86.5 Å². The molecule has 1 nitrogen and oxygen atoms in total. The molecule has 1 fully saturated rings. The van der Waals surface area contributed by atoms with Crippen molar-refractivity contribution in [3.05, 3.63) is 64.2 Å². The van der Waals surface area contributed by atoms with Crippen LogP contribution in [0, 0.1) is 35.3 Å². The fraction of sp³-hybridized carbons (Fsp3) is 0.500. The van der Waals surface area contributed by atoms with E-state index in [0.29, 0.717) is 5.92 Å². The lowest BCUT2D eigenvalue weighted by Gasteiger charge is -2.40. The van der Waals surface area contributed by atoms with Crippen LogP contribution < -0.4 is 4.74 Å². The molecule has 0 spiro atoms. The van der Waals surface area contributed by atoms with Crippen LogP contribution in [-0.4, -0.2) is 6.36 Å². The van der Waals surface area contributed by atoms with Crippen LogP contribution in [0.2, 0.25) is 0 Å². The van der Waals surface area contributed by atoms with Crippen molar-refractivity contribution in [3.63, 3.8) is 0 Å². The Morgan fingerprint density at radius 2 is 1.68 bits per heavy atom. The van der Waals surface area contributed by atoms with Crippen molar-refractivity contribution in [1.82, 2.24) is 0 Å². The monoisotopic (exact) mass is 476 g/mol. The number of unbranched alkanes of at least 4 members (excludes halogenated alkanes) is 2. The van der Waals surface area contributed by atoms with Gasteiger partial charge in [-0.2, -0.15) is 0 Å². The van der Waals surface area contributed by atoms with Gasteiger partial charge in [0.2, 0.25) is 5.75 Å². The molecule has 1 saturated carbocycles. The first-order chi connectivity index (χ1) is 16.2. The fourth-order valence-corrected chi connectivity index (χ4v) is 5.63. The molecular weight excluding hydrogens is 447 g/mol.